The number of rotatable bonds is 6. The minimum atomic E-state index is -0.427. The summed E-state index contributed by atoms with van der Waals surface area (Å²) in [4.78, 5) is 10.2. The Morgan fingerprint density at radius 3 is 2.82 bits per heavy atom. The van der Waals surface area contributed by atoms with E-state index in [1.165, 1.54) is 0 Å². The van der Waals surface area contributed by atoms with Crippen LogP contribution in [0.3, 0.4) is 0 Å². The maximum atomic E-state index is 9.32. The molecule has 96 valence electrons. The lowest BCUT2D eigenvalue weighted by atomic mass is 10.3. The lowest BCUT2D eigenvalue weighted by Gasteiger charge is -2.20. The molecule has 0 saturated carbocycles. The van der Waals surface area contributed by atoms with Crippen LogP contribution >= 0.6 is 11.6 Å². The van der Waals surface area contributed by atoms with E-state index in [2.05, 4.69) is 9.97 Å². The number of halogens is 1. The summed E-state index contributed by atoms with van der Waals surface area (Å²) >= 11 is 5.91. The van der Waals surface area contributed by atoms with Crippen molar-refractivity contribution in [3.05, 3.63) is 17.0 Å². The molecule has 1 aromatic heterocycles. The molecule has 1 aromatic rings. The second-order valence-electron chi connectivity index (χ2n) is 3.83. The van der Waals surface area contributed by atoms with Gasteiger partial charge in [0.25, 0.3) is 0 Å². The molecule has 1 heterocycles. The molecule has 1 rings (SSSR count). The molecule has 0 aliphatic carbocycles. The predicted octanol–water partition coefficient (Wildman–Crippen LogP) is 1.48. The number of hydrogen-bond donors (Lipinski definition) is 1. The van der Waals surface area contributed by atoms with Crippen LogP contribution < -0.4 is 4.90 Å². The molecule has 1 N–H and O–H groups in total. The van der Waals surface area contributed by atoms with E-state index in [0.29, 0.717) is 36.6 Å². The van der Waals surface area contributed by atoms with Crippen molar-refractivity contribution in [2.75, 3.05) is 25.1 Å². The number of aromatic nitrogens is 2. The Balaban J connectivity index is 2.80. The fourth-order valence-electron chi connectivity index (χ4n) is 1.39. The largest absolute Gasteiger partial charge is 0.392 e. The van der Waals surface area contributed by atoms with Gasteiger partial charge >= 0.3 is 0 Å². The molecular weight excluding hydrogens is 242 g/mol. The third-order valence-corrected chi connectivity index (χ3v) is 2.29. The Morgan fingerprint density at radius 1 is 1.53 bits per heavy atom. The van der Waals surface area contributed by atoms with Gasteiger partial charge in [-0.05, 0) is 13.8 Å². The fraction of sp³-hybridized carbons (Fsp3) is 0.636. The van der Waals surface area contributed by atoms with Crippen molar-refractivity contribution < 1.29 is 9.84 Å². The highest BCUT2D eigenvalue weighted by molar-refractivity contribution is 6.29. The quantitative estimate of drug-likeness (QED) is 0.785. The first-order chi connectivity index (χ1) is 8.02. The number of aliphatic hydroxyl groups excluding tert-OH is 1. The normalized spacial score (nSPS) is 12.5. The molecule has 1 unspecified atom stereocenters. The van der Waals surface area contributed by atoms with Gasteiger partial charge in [0, 0.05) is 26.3 Å². The molecule has 0 radical (unpaired) electrons. The van der Waals surface area contributed by atoms with Crippen LogP contribution in [0.1, 0.15) is 19.7 Å². The summed E-state index contributed by atoms with van der Waals surface area (Å²) in [7, 11) is 1.84. The summed E-state index contributed by atoms with van der Waals surface area (Å²) < 4.78 is 5.24. The molecule has 0 bridgehead atoms. The van der Waals surface area contributed by atoms with Gasteiger partial charge in [0.15, 0.2) is 5.82 Å². The van der Waals surface area contributed by atoms with E-state index in [1.807, 2.05) is 18.9 Å². The summed E-state index contributed by atoms with van der Waals surface area (Å²) in [6, 6.07) is 1.67. The van der Waals surface area contributed by atoms with Crippen LogP contribution in [0.2, 0.25) is 5.15 Å². The molecule has 17 heavy (non-hydrogen) atoms. The van der Waals surface area contributed by atoms with Gasteiger partial charge < -0.3 is 14.7 Å². The van der Waals surface area contributed by atoms with Crippen molar-refractivity contribution in [3.63, 3.8) is 0 Å². The zero-order valence-corrected chi connectivity index (χ0v) is 11.1. The van der Waals surface area contributed by atoms with Crippen molar-refractivity contribution >= 4 is 17.4 Å². The maximum Gasteiger partial charge on any atom is 0.158 e. The van der Waals surface area contributed by atoms with Crippen LogP contribution in [0.15, 0.2) is 6.07 Å². The molecule has 6 heteroatoms. The second-order valence-corrected chi connectivity index (χ2v) is 4.22. The van der Waals surface area contributed by atoms with Gasteiger partial charge in [0.1, 0.15) is 17.6 Å². The van der Waals surface area contributed by atoms with Gasteiger partial charge in [-0.2, -0.15) is 0 Å². The Morgan fingerprint density at radius 2 is 2.24 bits per heavy atom. The van der Waals surface area contributed by atoms with Crippen LogP contribution in [-0.4, -0.2) is 41.4 Å². The summed E-state index contributed by atoms with van der Waals surface area (Å²) in [6.45, 7) is 5.06. The third-order valence-electron chi connectivity index (χ3n) is 2.09. The molecule has 0 aliphatic rings. The zero-order valence-electron chi connectivity index (χ0n) is 10.4. The van der Waals surface area contributed by atoms with Gasteiger partial charge in [0.05, 0.1) is 6.10 Å². The van der Waals surface area contributed by atoms with E-state index < -0.39 is 6.10 Å². The highest BCUT2D eigenvalue weighted by atomic mass is 35.5. The van der Waals surface area contributed by atoms with Gasteiger partial charge in [0.2, 0.25) is 0 Å². The zero-order chi connectivity index (χ0) is 12.8. The number of hydrogen-bond acceptors (Lipinski definition) is 5. The lowest BCUT2D eigenvalue weighted by molar-refractivity contribution is 0.128. The average Bonchev–Trinajstić information content (AvgIpc) is 2.24. The van der Waals surface area contributed by atoms with E-state index in [-0.39, 0.29) is 0 Å². The molecular formula is C11H18ClN3O2. The topological polar surface area (TPSA) is 58.5 Å². The Hall–Kier alpha value is -0.910. The Bertz CT molecular complexity index is 361. The first-order valence-corrected chi connectivity index (χ1v) is 5.91. The van der Waals surface area contributed by atoms with E-state index in [9.17, 15) is 5.11 Å². The third kappa shape index (κ3) is 4.85. The standard InChI is InChI=1S/C11H18ClN3O2/c1-4-17-7-10-13-9(12)5-11(14-10)15(3)6-8(2)16/h5,8,16H,4,6-7H2,1-3H3. The molecule has 0 aromatic carbocycles. The first-order valence-electron chi connectivity index (χ1n) is 5.53. The molecule has 0 amide bonds. The highest BCUT2D eigenvalue weighted by Crippen LogP contribution is 2.15. The summed E-state index contributed by atoms with van der Waals surface area (Å²) in [5.74, 6) is 1.23. The fourth-order valence-corrected chi connectivity index (χ4v) is 1.59. The monoisotopic (exact) mass is 259 g/mol. The van der Waals surface area contributed by atoms with Crippen molar-refractivity contribution in [2.45, 2.75) is 26.6 Å². The maximum absolute atomic E-state index is 9.32. The van der Waals surface area contributed by atoms with Gasteiger partial charge in [-0.3, -0.25) is 0 Å². The van der Waals surface area contributed by atoms with E-state index >= 15 is 0 Å². The van der Waals surface area contributed by atoms with Crippen LogP contribution in [-0.2, 0) is 11.3 Å². The summed E-state index contributed by atoms with van der Waals surface area (Å²) in [5, 5.41) is 9.70. The van der Waals surface area contributed by atoms with Gasteiger partial charge in [-0.15, -0.1) is 0 Å². The van der Waals surface area contributed by atoms with Gasteiger partial charge in [-0.25, -0.2) is 9.97 Å². The van der Waals surface area contributed by atoms with E-state index in [0.717, 1.165) is 0 Å². The van der Waals surface area contributed by atoms with Crippen LogP contribution in [0.5, 0.6) is 0 Å². The van der Waals surface area contributed by atoms with Crippen LogP contribution in [0.4, 0.5) is 5.82 Å². The molecule has 0 spiro atoms. The molecule has 1 atom stereocenters. The minimum absolute atomic E-state index is 0.340. The molecule has 5 nitrogen and oxygen atoms in total. The Labute approximate surface area is 106 Å². The predicted molar refractivity (Wildman–Crippen MR) is 67.3 cm³/mol. The Kier molecular flexibility index (Phi) is 5.61. The SMILES string of the molecule is CCOCc1nc(Cl)cc(N(C)CC(C)O)n1. The van der Waals surface area contributed by atoms with Crippen molar-refractivity contribution in [2.24, 2.45) is 0 Å². The van der Waals surface area contributed by atoms with Crippen LogP contribution in [0.25, 0.3) is 0 Å². The van der Waals surface area contributed by atoms with Crippen molar-refractivity contribution in [1.29, 1.82) is 0 Å². The molecule has 0 fully saturated rings. The number of ether oxygens (including phenoxy) is 1. The van der Waals surface area contributed by atoms with Crippen molar-refractivity contribution in [1.82, 2.24) is 9.97 Å². The smallest absolute Gasteiger partial charge is 0.158 e. The highest BCUT2D eigenvalue weighted by Gasteiger charge is 2.09. The number of nitrogens with zero attached hydrogens (tertiary/aromatic N) is 3. The van der Waals surface area contributed by atoms with E-state index in [1.54, 1.807) is 13.0 Å². The van der Waals surface area contributed by atoms with Gasteiger partial charge in [-0.1, -0.05) is 11.6 Å². The molecule has 0 aliphatic heterocycles. The molecule has 0 saturated heterocycles. The second kappa shape index (κ2) is 6.74. The lowest BCUT2D eigenvalue weighted by Crippen LogP contribution is -2.28. The van der Waals surface area contributed by atoms with Crippen LogP contribution in [0, 0.1) is 0 Å². The number of likely N-dealkylation sites (N-methyl/N-ethyl adjacent to an activating group) is 1. The van der Waals surface area contributed by atoms with E-state index in [4.69, 9.17) is 16.3 Å². The number of anilines is 1. The average molecular weight is 260 g/mol. The van der Waals surface area contributed by atoms with Crippen molar-refractivity contribution in [3.8, 4) is 0 Å². The summed E-state index contributed by atoms with van der Waals surface area (Å²) in [5.41, 5.74) is 0. The summed E-state index contributed by atoms with van der Waals surface area (Å²) in [6.07, 6.45) is -0.427. The minimum Gasteiger partial charge on any atom is -0.392 e. The first kappa shape index (κ1) is 14.2. The number of aliphatic hydroxyl groups is 1.